The van der Waals surface area contributed by atoms with E-state index in [0.29, 0.717) is 5.92 Å². The Morgan fingerprint density at radius 2 is 1.63 bits per heavy atom. The number of aryl methyl sites for hydroxylation is 1. The lowest BCUT2D eigenvalue weighted by Crippen LogP contribution is -2.16. The zero-order valence-corrected chi connectivity index (χ0v) is 22.8. The molecule has 0 saturated heterocycles. The highest BCUT2D eigenvalue weighted by atomic mass is 32.1. The van der Waals surface area contributed by atoms with Gasteiger partial charge in [-0.25, -0.2) is 0 Å². The van der Waals surface area contributed by atoms with Crippen molar-refractivity contribution in [2.24, 2.45) is 5.92 Å². The SMILES string of the molecule is [B]c1cc(C)c(-c2cccc(-c3cccc4c3C3=C(CCC(C)C=C3)C4)c2C(C)(C)C)c(S)c1C. The van der Waals surface area contributed by atoms with Crippen molar-refractivity contribution in [2.75, 3.05) is 0 Å². The van der Waals surface area contributed by atoms with E-state index in [1.165, 1.54) is 62.9 Å². The molecule has 1 atom stereocenters. The smallest absolute Gasteiger partial charge is 0.114 e. The van der Waals surface area contributed by atoms with Gasteiger partial charge in [0.2, 0.25) is 0 Å². The van der Waals surface area contributed by atoms with Crippen LogP contribution in [0.15, 0.2) is 65.1 Å². The van der Waals surface area contributed by atoms with E-state index in [1.807, 2.05) is 0 Å². The van der Waals surface area contributed by atoms with Crippen LogP contribution in [0.3, 0.4) is 0 Å². The van der Waals surface area contributed by atoms with Gasteiger partial charge in [-0.1, -0.05) is 93.3 Å². The normalized spacial score (nSPS) is 17.4. The number of rotatable bonds is 2. The molecule has 5 rings (SSSR count). The highest BCUT2D eigenvalue weighted by Crippen LogP contribution is 2.48. The lowest BCUT2D eigenvalue weighted by Gasteiger charge is -2.29. The van der Waals surface area contributed by atoms with E-state index < -0.39 is 0 Å². The fourth-order valence-electron chi connectivity index (χ4n) is 6.03. The Hall–Kier alpha value is -2.45. The van der Waals surface area contributed by atoms with Crippen molar-refractivity contribution >= 4 is 31.5 Å². The third-order valence-corrected chi connectivity index (χ3v) is 8.42. The second-order valence-corrected chi connectivity index (χ2v) is 12.0. The number of benzene rings is 3. The molecule has 0 aliphatic heterocycles. The van der Waals surface area contributed by atoms with Gasteiger partial charge in [0.25, 0.3) is 0 Å². The van der Waals surface area contributed by atoms with Crippen molar-refractivity contribution < 1.29 is 0 Å². The Bertz CT molecular complexity index is 1400. The molecular weight excluding hydrogens is 439 g/mol. The number of thiol groups is 1. The van der Waals surface area contributed by atoms with Gasteiger partial charge in [-0.3, -0.25) is 0 Å². The van der Waals surface area contributed by atoms with E-state index in [1.54, 1.807) is 5.57 Å². The average molecular weight is 475 g/mol. The number of hydrogen-bond donors (Lipinski definition) is 1. The summed E-state index contributed by atoms with van der Waals surface area (Å²) in [4.78, 5) is 0.981. The zero-order chi connectivity index (χ0) is 25.1. The quantitative estimate of drug-likeness (QED) is 0.280. The van der Waals surface area contributed by atoms with Gasteiger partial charge in [0, 0.05) is 4.90 Å². The fourth-order valence-corrected chi connectivity index (χ4v) is 6.46. The zero-order valence-electron chi connectivity index (χ0n) is 21.9. The molecule has 3 aromatic rings. The summed E-state index contributed by atoms with van der Waals surface area (Å²) in [6.45, 7) is 13.5. The van der Waals surface area contributed by atoms with Crippen LogP contribution in [0.5, 0.6) is 0 Å². The van der Waals surface area contributed by atoms with Crippen LogP contribution < -0.4 is 5.46 Å². The summed E-state index contributed by atoms with van der Waals surface area (Å²) in [5.74, 6) is 0.634. The first-order chi connectivity index (χ1) is 16.6. The monoisotopic (exact) mass is 474 g/mol. The summed E-state index contributed by atoms with van der Waals surface area (Å²) in [6.07, 6.45) is 8.32. The van der Waals surface area contributed by atoms with Crippen LogP contribution in [0.25, 0.3) is 27.8 Å². The molecule has 0 fully saturated rings. The van der Waals surface area contributed by atoms with E-state index in [4.69, 9.17) is 20.5 Å². The average Bonchev–Trinajstić information content (AvgIpc) is 3.06. The summed E-state index contributed by atoms with van der Waals surface area (Å²) in [7, 11) is 6.30. The second kappa shape index (κ2) is 8.89. The Balaban J connectivity index is 1.81. The van der Waals surface area contributed by atoms with Gasteiger partial charge in [0.05, 0.1) is 0 Å². The molecule has 2 heteroatoms. The van der Waals surface area contributed by atoms with Gasteiger partial charge in [-0.15, -0.1) is 12.6 Å². The Labute approximate surface area is 218 Å². The van der Waals surface area contributed by atoms with Gasteiger partial charge in [-0.05, 0) is 100 Å². The first-order valence-electron chi connectivity index (χ1n) is 12.8. The molecule has 1 unspecified atom stereocenters. The Morgan fingerprint density at radius 1 is 0.943 bits per heavy atom. The van der Waals surface area contributed by atoms with Gasteiger partial charge >= 0.3 is 0 Å². The summed E-state index contributed by atoms with van der Waals surface area (Å²) in [5, 5.41) is 0. The molecule has 2 aliphatic rings. The van der Waals surface area contributed by atoms with Crippen molar-refractivity contribution in [3.05, 3.63) is 88.0 Å². The molecule has 0 heterocycles. The van der Waals surface area contributed by atoms with Crippen molar-refractivity contribution in [1.29, 1.82) is 0 Å². The van der Waals surface area contributed by atoms with Gasteiger partial charge in [0.15, 0.2) is 0 Å². The number of fused-ring (bicyclic) bond motifs is 2. The molecular formula is C33H35BS. The van der Waals surface area contributed by atoms with Gasteiger partial charge in [-0.2, -0.15) is 0 Å². The van der Waals surface area contributed by atoms with E-state index >= 15 is 0 Å². The van der Waals surface area contributed by atoms with Crippen molar-refractivity contribution in [3.8, 4) is 22.3 Å². The highest BCUT2D eigenvalue weighted by Gasteiger charge is 2.29. The molecule has 2 radical (unpaired) electrons. The van der Waals surface area contributed by atoms with Crippen LogP contribution in [0.1, 0.15) is 68.4 Å². The summed E-state index contributed by atoms with van der Waals surface area (Å²) >= 11 is 4.98. The Kier molecular flexibility index (Phi) is 6.16. The van der Waals surface area contributed by atoms with E-state index in [0.717, 1.165) is 22.3 Å². The topological polar surface area (TPSA) is 0 Å². The van der Waals surface area contributed by atoms with Crippen LogP contribution >= 0.6 is 12.6 Å². The number of allylic oxidation sites excluding steroid dienone is 4. The maximum Gasteiger partial charge on any atom is 0.114 e. The van der Waals surface area contributed by atoms with Crippen LogP contribution in [0.4, 0.5) is 0 Å². The van der Waals surface area contributed by atoms with Crippen LogP contribution in [0.2, 0.25) is 0 Å². The van der Waals surface area contributed by atoms with E-state index in [-0.39, 0.29) is 5.41 Å². The molecule has 0 N–H and O–H groups in total. The molecule has 0 saturated carbocycles. The first-order valence-corrected chi connectivity index (χ1v) is 13.3. The summed E-state index contributed by atoms with van der Waals surface area (Å²) in [5.41, 5.74) is 15.4. The molecule has 0 nitrogen and oxygen atoms in total. The molecule has 0 bridgehead atoms. The Morgan fingerprint density at radius 3 is 2.37 bits per heavy atom. The molecule has 0 aromatic heterocycles. The maximum atomic E-state index is 6.30. The molecule has 3 aromatic carbocycles. The second-order valence-electron chi connectivity index (χ2n) is 11.5. The summed E-state index contributed by atoms with van der Waals surface area (Å²) in [6, 6.07) is 15.8. The van der Waals surface area contributed by atoms with Crippen molar-refractivity contribution in [1.82, 2.24) is 0 Å². The van der Waals surface area contributed by atoms with Gasteiger partial charge < -0.3 is 0 Å². The first kappa shape index (κ1) is 24.3. The van der Waals surface area contributed by atoms with Crippen molar-refractivity contribution in [3.63, 3.8) is 0 Å². The molecule has 176 valence electrons. The minimum absolute atomic E-state index is 0.0553. The van der Waals surface area contributed by atoms with E-state index in [9.17, 15) is 0 Å². The third-order valence-electron chi connectivity index (χ3n) is 7.86. The molecule has 2 aliphatic carbocycles. The summed E-state index contributed by atoms with van der Waals surface area (Å²) < 4.78 is 0. The molecule has 0 spiro atoms. The molecule has 35 heavy (non-hydrogen) atoms. The maximum absolute atomic E-state index is 6.30. The fraction of sp³-hybridized carbons (Fsp3) is 0.333. The van der Waals surface area contributed by atoms with Crippen molar-refractivity contribution in [2.45, 2.75) is 71.1 Å². The highest BCUT2D eigenvalue weighted by molar-refractivity contribution is 7.80. The lowest BCUT2D eigenvalue weighted by molar-refractivity contribution is 0.593. The van der Waals surface area contributed by atoms with Crippen LogP contribution in [-0.2, 0) is 11.8 Å². The minimum Gasteiger partial charge on any atom is -0.143 e. The van der Waals surface area contributed by atoms with Crippen LogP contribution in [0, 0.1) is 19.8 Å². The largest absolute Gasteiger partial charge is 0.143 e. The number of hydrogen-bond acceptors (Lipinski definition) is 1. The third kappa shape index (κ3) is 4.14. The standard InChI is InChI=1S/C33H35BS/c1-19-13-15-22-18-23-9-7-10-25(30(23)24(22)16-14-19)26-11-8-12-27(31(26)33(4,5)6)29-20(2)17-28(34)21(3)32(29)35/h7-12,14,16-17,19,35H,13,15,18H2,1-6H3. The van der Waals surface area contributed by atoms with Gasteiger partial charge in [0.1, 0.15) is 7.85 Å². The predicted octanol–water partition coefficient (Wildman–Crippen LogP) is 8.31. The minimum atomic E-state index is -0.0553. The molecule has 0 amide bonds. The van der Waals surface area contributed by atoms with E-state index in [2.05, 4.69) is 96.2 Å². The lowest BCUT2D eigenvalue weighted by atomic mass is 9.75. The predicted molar refractivity (Wildman–Crippen MR) is 156 cm³/mol. The van der Waals surface area contributed by atoms with Crippen LogP contribution in [-0.4, -0.2) is 7.85 Å².